The number of benzene rings is 3. The molecule has 2 aromatic heterocycles. The first-order chi connectivity index (χ1) is 16.6. The molecule has 6 rings (SSSR count). The molecule has 6 nitrogen and oxygen atoms in total. The van der Waals surface area contributed by atoms with Gasteiger partial charge < -0.3 is 14.9 Å². The molecule has 0 spiro atoms. The number of phenols is 1. The van der Waals surface area contributed by atoms with Gasteiger partial charge in [-0.05, 0) is 36.4 Å². The molecule has 5 aromatic rings. The van der Waals surface area contributed by atoms with E-state index in [1.54, 1.807) is 6.07 Å². The third-order valence-electron chi connectivity index (χ3n) is 5.89. The lowest BCUT2D eigenvalue weighted by atomic mass is 9.98. The van der Waals surface area contributed by atoms with E-state index in [2.05, 4.69) is 10.5 Å². The van der Waals surface area contributed by atoms with E-state index in [0.29, 0.717) is 28.5 Å². The molecule has 0 saturated carbocycles. The van der Waals surface area contributed by atoms with Crippen molar-refractivity contribution in [3.8, 4) is 22.9 Å². The molecule has 0 fully saturated rings. The number of aromatic hydroxyl groups is 1. The van der Waals surface area contributed by atoms with Gasteiger partial charge in [-0.25, -0.2) is 4.68 Å². The smallest absolute Gasteiger partial charge is 0.156 e. The van der Waals surface area contributed by atoms with Crippen LogP contribution in [0.3, 0.4) is 0 Å². The summed E-state index contributed by atoms with van der Waals surface area (Å²) >= 11 is 12.3. The van der Waals surface area contributed by atoms with Gasteiger partial charge in [0, 0.05) is 34.2 Å². The first-order valence-corrected chi connectivity index (χ1v) is 11.5. The van der Waals surface area contributed by atoms with E-state index in [4.69, 9.17) is 32.7 Å². The van der Waals surface area contributed by atoms with Crippen LogP contribution < -0.4 is 5.43 Å². The van der Waals surface area contributed by atoms with Crippen LogP contribution in [0.5, 0.6) is 5.75 Å². The van der Waals surface area contributed by atoms with Crippen molar-refractivity contribution in [2.75, 3.05) is 0 Å². The summed E-state index contributed by atoms with van der Waals surface area (Å²) in [6, 6.07) is 22.8. The monoisotopic (exact) mass is 488 g/mol. The molecule has 1 unspecified atom stereocenters. The fraction of sp³-hybridized carbons (Fsp3) is 0.0769. The minimum Gasteiger partial charge on any atom is -0.506 e. The number of hydrazone groups is 1. The Morgan fingerprint density at radius 3 is 2.62 bits per heavy atom. The lowest BCUT2D eigenvalue weighted by Gasteiger charge is -2.10. The molecular formula is C26H18Cl2N4O2. The highest BCUT2D eigenvalue weighted by Crippen LogP contribution is 2.38. The molecule has 3 aromatic carbocycles. The first-order valence-electron chi connectivity index (χ1n) is 10.7. The molecule has 2 N–H and O–H groups in total. The third kappa shape index (κ3) is 3.61. The van der Waals surface area contributed by atoms with E-state index >= 15 is 0 Å². The number of furan rings is 1. The van der Waals surface area contributed by atoms with E-state index in [1.165, 1.54) is 6.07 Å². The summed E-state index contributed by atoms with van der Waals surface area (Å²) in [5, 5.41) is 21.5. The molecule has 0 radical (unpaired) electrons. The molecule has 1 aliphatic rings. The summed E-state index contributed by atoms with van der Waals surface area (Å²) in [7, 11) is 0. The Hall–Kier alpha value is -3.74. The van der Waals surface area contributed by atoms with Gasteiger partial charge in [-0.15, -0.1) is 0 Å². The number of phenolic OH excluding ortho intramolecular Hbond substituents is 1. The fourth-order valence-electron chi connectivity index (χ4n) is 4.22. The van der Waals surface area contributed by atoms with Crippen LogP contribution in [0.1, 0.15) is 23.6 Å². The second-order valence-electron chi connectivity index (χ2n) is 8.09. The maximum absolute atomic E-state index is 10.5. The van der Waals surface area contributed by atoms with E-state index in [1.807, 2.05) is 71.5 Å². The van der Waals surface area contributed by atoms with E-state index in [0.717, 1.165) is 27.9 Å². The van der Waals surface area contributed by atoms with Gasteiger partial charge in [-0.2, -0.15) is 10.2 Å². The predicted octanol–water partition coefficient (Wildman–Crippen LogP) is 6.74. The van der Waals surface area contributed by atoms with Crippen molar-refractivity contribution in [3.05, 3.63) is 100 Å². The molecular weight excluding hydrogens is 471 g/mol. The average molecular weight is 489 g/mol. The Bertz CT molecular complexity index is 1520. The SMILES string of the molecule is Oc1c(Cl)cc(Cl)cc1C1=NNC(c2cn(-c3ccccc3)nc2-c2cc3ccccc3o2)C1. The molecule has 8 heteroatoms. The number of nitrogens with one attached hydrogen (secondary N) is 1. The van der Waals surface area contributed by atoms with Crippen molar-refractivity contribution in [2.45, 2.75) is 12.5 Å². The highest BCUT2D eigenvalue weighted by molar-refractivity contribution is 6.36. The van der Waals surface area contributed by atoms with E-state index < -0.39 is 0 Å². The predicted molar refractivity (Wildman–Crippen MR) is 134 cm³/mol. The van der Waals surface area contributed by atoms with E-state index in [9.17, 15) is 5.11 Å². The minimum absolute atomic E-state index is 0.0373. The van der Waals surface area contributed by atoms with Crippen molar-refractivity contribution in [1.82, 2.24) is 15.2 Å². The van der Waals surface area contributed by atoms with Gasteiger partial charge in [0.05, 0.1) is 22.5 Å². The van der Waals surface area contributed by atoms with Crippen LogP contribution in [0, 0.1) is 0 Å². The van der Waals surface area contributed by atoms with Crippen molar-refractivity contribution in [3.63, 3.8) is 0 Å². The minimum atomic E-state index is -0.187. The van der Waals surface area contributed by atoms with Crippen molar-refractivity contribution in [2.24, 2.45) is 5.10 Å². The number of fused-ring (bicyclic) bond motifs is 1. The first kappa shape index (κ1) is 20.8. The average Bonchev–Trinajstić information content (AvgIpc) is 3.59. The molecule has 0 amide bonds. The van der Waals surface area contributed by atoms with Crippen LogP contribution in [0.2, 0.25) is 10.0 Å². The number of para-hydroxylation sites is 2. The van der Waals surface area contributed by atoms with Crippen LogP contribution in [-0.4, -0.2) is 20.6 Å². The quantitative estimate of drug-likeness (QED) is 0.293. The standard InChI is InChI=1S/C26H18Cl2N4O2/c27-16-11-18(26(33)20(28)12-16)21-13-22(30-29-21)19-14-32(17-7-2-1-3-8-17)31-25(19)24-10-15-6-4-5-9-23(15)34-24/h1-12,14,22,30,33H,13H2. The van der Waals surface area contributed by atoms with E-state index in [-0.39, 0.29) is 16.8 Å². The molecule has 0 saturated heterocycles. The Balaban J connectivity index is 1.42. The summed E-state index contributed by atoms with van der Waals surface area (Å²) in [6.07, 6.45) is 2.50. The molecule has 1 atom stereocenters. The zero-order valence-corrected chi connectivity index (χ0v) is 19.3. The zero-order valence-electron chi connectivity index (χ0n) is 17.7. The van der Waals surface area contributed by atoms with Gasteiger partial charge in [-0.1, -0.05) is 59.6 Å². The Morgan fingerprint density at radius 1 is 1.00 bits per heavy atom. The highest BCUT2D eigenvalue weighted by atomic mass is 35.5. The highest BCUT2D eigenvalue weighted by Gasteiger charge is 2.29. The largest absolute Gasteiger partial charge is 0.506 e. The summed E-state index contributed by atoms with van der Waals surface area (Å²) in [5.74, 6) is 0.638. The van der Waals surface area contributed by atoms with Crippen molar-refractivity contribution in [1.29, 1.82) is 0 Å². The van der Waals surface area contributed by atoms with Gasteiger partial charge in [0.2, 0.25) is 0 Å². The van der Waals surface area contributed by atoms with Crippen molar-refractivity contribution < 1.29 is 9.52 Å². The Morgan fingerprint density at radius 2 is 1.79 bits per heavy atom. The number of nitrogens with zero attached hydrogens (tertiary/aromatic N) is 3. The normalized spacial score (nSPS) is 15.5. The second-order valence-corrected chi connectivity index (χ2v) is 8.93. The number of hydrogen-bond donors (Lipinski definition) is 2. The number of rotatable bonds is 4. The van der Waals surface area contributed by atoms with Gasteiger partial charge in [-0.3, -0.25) is 0 Å². The molecule has 1 aliphatic heterocycles. The fourth-order valence-corrected chi connectivity index (χ4v) is 4.71. The molecule has 0 bridgehead atoms. The lowest BCUT2D eigenvalue weighted by molar-refractivity contribution is 0.474. The number of hydrogen-bond acceptors (Lipinski definition) is 5. The molecule has 34 heavy (non-hydrogen) atoms. The summed E-state index contributed by atoms with van der Waals surface area (Å²) < 4.78 is 7.99. The maximum atomic E-state index is 10.5. The van der Waals surface area contributed by atoms with Gasteiger partial charge in [0.15, 0.2) is 5.76 Å². The van der Waals surface area contributed by atoms with Crippen molar-refractivity contribution >= 4 is 39.9 Å². The second kappa shape index (κ2) is 8.24. The topological polar surface area (TPSA) is 75.6 Å². The summed E-state index contributed by atoms with van der Waals surface area (Å²) in [6.45, 7) is 0. The maximum Gasteiger partial charge on any atom is 0.156 e. The van der Waals surface area contributed by atoms with Gasteiger partial charge in [0.25, 0.3) is 0 Å². The lowest BCUT2D eigenvalue weighted by Crippen LogP contribution is -2.10. The summed E-state index contributed by atoms with van der Waals surface area (Å²) in [5.41, 5.74) is 7.74. The number of halogens is 2. The zero-order chi connectivity index (χ0) is 23.2. The molecule has 3 heterocycles. The number of aromatic nitrogens is 2. The molecule has 0 aliphatic carbocycles. The van der Waals surface area contributed by atoms with Gasteiger partial charge in [0.1, 0.15) is 17.0 Å². The summed E-state index contributed by atoms with van der Waals surface area (Å²) in [4.78, 5) is 0. The molecule has 168 valence electrons. The van der Waals surface area contributed by atoms with Crippen LogP contribution in [0.15, 0.2) is 88.5 Å². The van der Waals surface area contributed by atoms with Crippen LogP contribution >= 0.6 is 23.2 Å². The van der Waals surface area contributed by atoms with Crippen LogP contribution in [-0.2, 0) is 0 Å². The van der Waals surface area contributed by atoms with Gasteiger partial charge >= 0.3 is 0 Å². The third-order valence-corrected chi connectivity index (χ3v) is 6.40. The Labute approximate surface area is 205 Å². The van der Waals surface area contributed by atoms with Crippen LogP contribution in [0.4, 0.5) is 0 Å². The van der Waals surface area contributed by atoms with Crippen LogP contribution in [0.25, 0.3) is 28.1 Å². The Kier molecular flexibility index (Phi) is 5.05.